The highest BCUT2D eigenvalue weighted by Gasteiger charge is 2.16. The molecule has 1 saturated heterocycles. The summed E-state index contributed by atoms with van der Waals surface area (Å²) in [6.07, 6.45) is 0.912. The lowest BCUT2D eigenvalue weighted by atomic mass is 10.2. The van der Waals surface area contributed by atoms with Gasteiger partial charge in [-0.15, -0.1) is 0 Å². The molecule has 1 fully saturated rings. The van der Waals surface area contributed by atoms with Gasteiger partial charge >= 0.3 is 0 Å². The van der Waals surface area contributed by atoms with E-state index in [4.69, 9.17) is 4.74 Å². The molecule has 0 saturated carbocycles. The number of nitrogens with zero attached hydrogens (tertiary/aromatic N) is 1. The molecule has 0 spiro atoms. The van der Waals surface area contributed by atoms with Gasteiger partial charge in [-0.05, 0) is 30.7 Å². The van der Waals surface area contributed by atoms with Crippen LogP contribution in [0.4, 0.5) is 5.69 Å². The van der Waals surface area contributed by atoms with Crippen molar-refractivity contribution in [3.05, 3.63) is 29.8 Å². The molecule has 0 aromatic heterocycles. The molecule has 22 heavy (non-hydrogen) atoms. The summed E-state index contributed by atoms with van der Waals surface area (Å²) in [5, 5.41) is 5.92. The Labute approximate surface area is 130 Å². The van der Waals surface area contributed by atoms with Crippen molar-refractivity contribution in [3.63, 3.8) is 0 Å². The second kappa shape index (κ2) is 8.38. The Hall–Kier alpha value is -2.08. The van der Waals surface area contributed by atoms with Crippen LogP contribution in [-0.2, 0) is 9.53 Å². The van der Waals surface area contributed by atoms with E-state index in [1.807, 2.05) is 19.1 Å². The minimum absolute atomic E-state index is 0.0630. The number of anilines is 1. The van der Waals surface area contributed by atoms with Gasteiger partial charge in [0.15, 0.2) is 0 Å². The van der Waals surface area contributed by atoms with Crippen LogP contribution in [0.5, 0.6) is 0 Å². The average Bonchev–Trinajstić information content (AvgIpc) is 2.58. The van der Waals surface area contributed by atoms with Crippen molar-refractivity contribution in [2.45, 2.75) is 13.3 Å². The zero-order valence-corrected chi connectivity index (χ0v) is 12.9. The molecule has 120 valence electrons. The lowest BCUT2D eigenvalue weighted by Gasteiger charge is -2.27. The van der Waals surface area contributed by atoms with Crippen molar-refractivity contribution >= 4 is 17.5 Å². The van der Waals surface area contributed by atoms with E-state index in [1.165, 1.54) is 0 Å². The normalized spacial score (nSPS) is 14.5. The van der Waals surface area contributed by atoms with Gasteiger partial charge < -0.3 is 20.3 Å². The fraction of sp³-hybridized carbons (Fsp3) is 0.500. The molecule has 1 aliphatic rings. The van der Waals surface area contributed by atoms with Gasteiger partial charge in [0.25, 0.3) is 5.91 Å². The van der Waals surface area contributed by atoms with Crippen molar-refractivity contribution in [3.8, 4) is 0 Å². The van der Waals surface area contributed by atoms with E-state index >= 15 is 0 Å². The van der Waals surface area contributed by atoms with Crippen molar-refractivity contribution in [1.29, 1.82) is 0 Å². The number of amides is 2. The fourth-order valence-electron chi connectivity index (χ4n) is 2.18. The van der Waals surface area contributed by atoms with Crippen molar-refractivity contribution in [2.24, 2.45) is 0 Å². The Balaban J connectivity index is 1.80. The minimum atomic E-state index is -0.0715. The number of carbonyl (C=O) groups is 2. The molecule has 0 atom stereocenters. The predicted octanol–water partition coefficient (Wildman–Crippen LogP) is 1.10. The molecule has 0 unspecified atom stereocenters. The molecular weight excluding hydrogens is 282 g/mol. The molecule has 2 rings (SSSR count). The van der Waals surface area contributed by atoms with Gasteiger partial charge in [0.1, 0.15) is 0 Å². The number of hydrogen-bond donors (Lipinski definition) is 2. The number of carbonyl (C=O) groups excluding carboxylic acids is 2. The summed E-state index contributed by atoms with van der Waals surface area (Å²) in [5.41, 5.74) is 1.45. The molecule has 0 radical (unpaired) electrons. The first-order chi connectivity index (χ1) is 10.7. The number of benzene rings is 1. The van der Waals surface area contributed by atoms with Gasteiger partial charge in [0.2, 0.25) is 5.91 Å². The summed E-state index contributed by atoms with van der Waals surface area (Å²) < 4.78 is 5.22. The molecular formula is C16H23N3O3. The van der Waals surface area contributed by atoms with Gasteiger partial charge in [0.05, 0.1) is 19.8 Å². The third-order valence-corrected chi connectivity index (χ3v) is 3.49. The monoisotopic (exact) mass is 305 g/mol. The van der Waals surface area contributed by atoms with E-state index in [2.05, 4.69) is 10.6 Å². The minimum Gasteiger partial charge on any atom is -0.378 e. The fourth-order valence-corrected chi connectivity index (χ4v) is 2.18. The molecule has 1 aromatic rings. The molecule has 6 heteroatoms. The summed E-state index contributed by atoms with van der Waals surface area (Å²) in [5.74, 6) is -0.00846. The van der Waals surface area contributed by atoms with E-state index in [1.54, 1.807) is 17.0 Å². The second-order valence-electron chi connectivity index (χ2n) is 5.18. The Morgan fingerprint density at radius 1 is 1.18 bits per heavy atom. The highest BCUT2D eigenvalue weighted by atomic mass is 16.5. The first-order valence-corrected chi connectivity index (χ1v) is 7.68. The molecule has 0 aliphatic carbocycles. The topological polar surface area (TPSA) is 70.7 Å². The number of morpholine rings is 1. The van der Waals surface area contributed by atoms with E-state index in [9.17, 15) is 9.59 Å². The zero-order valence-electron chi connectivity index (χ0n) is 12.9. The van der Waals surface area contributed by atoms with Gasteiger partial charge in [-0.1, -0.05) is 6.92 Å². The Morgan fingerprint density at radius 2 is 1.86 bits per heavy atom. The number of nitrogens with one attached hydrogen (secondary N) is 2. The summed E-state index contributed by atoms with van der Waals surface area (Å²) in [6, 6.07) is 7.14. The first kappa shape index (κ1) is 16.3. The first-order valence-electron chi connectivity index (χ1n) is 7.68. The van der Waals surface area contributed by atoms with Crippen LogP contribution in [0.25, 0.3) is 0 Å². The third kappa shape index (κ3) is 4.73. The smallest absolute Gasteiger partial charge is 0.251 e. The molecule has 2 N–H and O–H groups in total. The van der Waals surface area contributed by atoms with Crippen molar-refractivity contribution < 1.29 is 14.3 Å². The number of rotatable bonds is 6. The van der Waals surface area contributed by atoms with E-state index < -0.39 is 0 Å². The van der Waals surface area contributed by atoms with Crippen LogP contribution < -0.4 is 10.6 Å². The van der Waals surface area contributed by atoms with Gasteiger partial charge in [-0.3, -0.25) is 9.59 Å². The van der Waals surface area contributed by atoms with Crippen LogP contribution in [0, 0.1) is 0 Å². The van der Waals surface area contributed by atoms with Gasteiger partial charge in [-0.2, -0.15) is 0 Å². The molecule has 1 heterocycles. The highest BCUT2D eigenvalue weighted by Crippen LogP contribution is 2.09. The van der Waals surface area contributed by atoms with Gasteiger partial charge in [-0.25, -0.2) is 0 Å². The second-order valence-corrected chi connectivity index (χ2v) is 5.18. The van der Waals surface area contributed by atoms with E-state index in [-0.39, 0.29) is 18.4 Å². The summed E-state index contributed by atoms with van der Waals surface area (Å²) in [6.45, 7) is 5.45. The quantitative estimate of drug-likeness (QED) is 0.825. The predicted molar refractivity (Wildman–Crippen MR) is 85.0 cm³/mol. The maximum Gasteiger partial charge on any atom is 0.251 e. The van der Waals surface area contributed by atoms with Crippen LogP contribution in [0.1, 0.15) is 23.7 Å². The largest absolute Gasteiger partial charge is 0.378 e. The Bertz CT molecular complexity index is 496. The van der Waals surface area contributed by atoms with Crippen LogP contribution in [0.3, 0.4) is 0 Å². The molecule has 1 aliphatic heterocycles. The van der Waals surface area contributed by atoms with Crippen LogP contribution in [-0.4, -0.2) is 56.1 Å². The molecule has 2 amide bonds. The van der Waals surface area contributed by atoms with E-state index in [0.717, 1.165) is 12.1 Å². The lowest BCUT2D eigenvalue weighted by Crippen LogP contribution is -2.43. The standard InChI is InChI=1S/C16H23N3O3/c1-2-7-17-16(21)13-3-5-14(6-4-13)18-12-15(20)19-8-10-22-11-9-19/h3-6,18H,2,7-12H2,1H3,(H,17,21). The number of ether oxygens (including phenoxy) is 1. The Kier molecular flexibility index (Phi) is 6.21. The van der Waals surface area contributed by atoms with Crippen molar-refractivity contribution in [2.75, 3.05) is 44.7 Å². The average molecular weight is 305 g/mol. The van der Waals surface area contributed by atoms with E-state index in [0.29, 0.717) is 38.4 Å². The molecule has 1 aromatic carbocycles. The summed E-state index contributed by atoms with van der Waals surface area (Å²) in [4.78, 5) is 25.6. The summed E-state index contributed by atoms with van der Waals surface area (Å²) >= 11 is 0. The lowest BCUT2D eigenvalue weighted by molar-refractivity contribution is -0.133. The molecule has 6 nitrogen and oxygen atoms in total. The third-order valence-electron chi connectivity index (χ3n) is 3.49. The van der Waals surface area contributed by atoms with Crippen LogP contribution in [0.15, 0.2) is 24.3 Å². The van der Waals surface area contributed by atoms with Crippen LogP contribution in [0.2, 0.25) is 0 Å². The van der Waals surface area contributed by atoms with Crippen molar-refractivity contribution in [1.82, 2.24) is 10.2 Å². The number of hydrogen-bond acceptors (Lipinski definition) is 4. The zero-order chi connectivity index (χ0) is 15.8. The highest BCUT2D eigenvalue weighted by molar-refractivity contribution is 5.94. The molecule has 0 bridgehead atoms. The Morgan fingerprint density at radius 3 is 2.50 bits per heavy atom. The van der Waals surface area contributed by atoms with Crippen LogP contribution >= 0.6 is 0 Å². The van der Waals surface area contributed by atoms with Gasteiger partial charge in [0, 0.05) is 30.9 Å². The summed E-state index contributed by atoms with van der Waals surface area (Å²) in [7, 11) is 0. The SMILES string of the molecule is CCCNC(=O)c1ccc(NCC(=O)N2CCOCC2)cc1. The maximum atomic E-state index is 12.0. The maximum absolute atomic E-state index is 12.0.